The molecule has 26 heavy (non-hydrogen) atoms. The van der Waals surface area contributed by atoms with Gasteiger partial charge >= 0.3 is 0 Å². The summed E-state index contributed by atoms with van der Waals surface area (Å²) in [5.41, 5.74) is 1.12. The summed E-state index contributed by atoms with van der Waals surface area (Å²) in [6.07, 6.45) is 6.11. The van der Waals surface area contributed by atoms with Crippen LogP contribution in [0.5, 0.6) is 0 Å². The van der Waals surface area contributed by atoms with Crippen LogP contribution in [0.15, 0.2) is 41.0 Å². The number of carbonyl (C=O) groups excluding carboxylic acids is 2. The summed E-state index contributed by atoms with van der Waals surface area (Å²) in [6.45, 7) is 0.601. The molecule has 2 aliphatic carbocycles. The number of aromatic nitrogens is 2. The van der Waals surface area contributed by atoms with Gasteiger partial charge in [0.2, 0.25) is 5.91 Å². The third-order valence-electron chi connectivity index (χ3n) is 5.63. The normalized spacial score (nSPS) is 25.1. The van der Waals surface area contributed by atoms with Crippen LogP contribution >= 0.6 is 15.9 Å². The summed E-state index contributed by atoms with van der Waals surface area (Å²) in [5.74, 6) is 1.23. The Bertz CT molecular complexity index is 799. The zero-order valence-corrected chi connectivity index (χ0v) is 16.1. The van der Waals surface area contributed by atoms with Gasteiger partial charge in [0.15, 0.2) is 0 Å². The molecule has 2 aromatic rings. The maximum absolute atomic E-state index is 12.8. The number of nitrogens with one attached hydrogen (secondary N) is 1. The van der Waals surface area contributed by atoms with E-state index in [0.29, 0.717) is 31.0 Å². The Balaban J connectivity index is 1.43. The van der Waals surface area contributed by atoms with Gasteiger partial charge in [-0.25, -0.2) is 4.68 Å². The van der Waals surface area contributed by atoms with Gasteiger partial charge in [-0.3, -0.25) is 9.59 Å². The number of hydrogen-bond donors (Lipinski definition) is 1. The van der Waals surface area contributed by atoms with Gasteiger partial charge in [-0.15, -0.1) is 0 Å². The molecule has 136 valence electrons. The van der Waals surface area contributed by atoms with Gasteiger partial charge in [-0.1, -0.05) is 34.5 Å². The molecule has 2 unspecified atom stereocenters. The largest absolute Gasteiger partial charge is 0.311 e. The minimum absolute atomic E-state index is 0.0203. The van der Waals surface area contributed by atoms with Gasteiger partial charge in [-0.05, 0) is 43.4 Å². The van der Waals surface area contributed by atoms with Crippen LogP contribution in [0.1, 0.15) is 37.7 Å². The molecule has 0 aliphatic heterocycles. The first kappa shape index (κ1) is 17.5. The molecular weight excluding hydrogens is 394 g/mol. The first-order chi connectivity index (χ1) is 12.6. The highest BCUT2D eigenvalue weighted by molar-refractivity contribution is 9.10. The molecule has 5 nitrogen and oxygen atoms in total. The van der Waals surface area contributed by atoms with Crippen molar-refractivity contribution in [1.82, 2.24) is 9.78 Å². The van der Waals surface area contributed by atoms with E-state index in [9.17, 15) is 9.59 Å². The number of halogens is 1. The number of ketones is 1. The Kier molecular flexibility index (Phi) is 4.94. The smallest absolute Gasteiger partial charge is 0.228 e. The van der Waals surface area contributed by atoms with E-state index in [4.69, 9.17) is 0 Å². The lowest BCUT2D eigenvalue weighted by atomic mass is 9.67. The number of nitrogens with zero attached hydrogens (tertiary/aromatic N) is 2. The molecule has 1 N–H and O–H groups in total. The van der Waals surface area contributed by atoms with Gasteiger partial charge < -0.3 is 5.32 Å². The second-order valence-electron chi connectivity index (χ2n) is 7.39. The lowest BCUT2D eigenvalue weighted by Crippen LogP contribution is -2.40. The van der Waals surface area contributed by atoms with E-state index in [0.717, 1.165) is 29.3 Å². The number of anilines is 1. The molecule has 6 heteroatoms. The summed E-state index contributed by atoms with van der Waals surface area (Å²) >= 11 is 3.44. The van der Waals surface area contributed by atoms with Crippen molar-refractivity contribution in [3.63, 3.8) is 0 Å². The van der Waals surface area contributed by atoms with Gasteiger partial charge in [0.25, 0.3) is 0 Å². The summed E-state index contributed by atoms with van der Waals surface area (Å²) < 4.78 is 2.84. The van der Waals surface area contributed by atoms with E-state index in [2.05, 4.69) is 26.3 Å². The predicted molar refractivity (Wildman–Crippen MR) is 103 cm³/mol. The zero-order chi connectivity index (χ0) is 18.1. The topological polar surface area (TPSA) is 64.0 Å². The van der Waals surface area contributed by atoms with E-state index in [1.54, 1.807) is 10.9 Å². The third kappa shape index (κ3) is 3.61. The lowest BCUT2D eigenvalue weighted by Gasteiger charge is -2.36. The summed E-state index contributed by atoms with van der Waals surface area (Å²) in [6, 6.07) is 9.88. The Hall–Kier alpha value is -1.95. The van der Waals surface area contributed by atoms with Crippen molar-refractivity contribution in [3.8, 4) is 0 Å². The van der Waals surface area contributed by atoms with E-state index >= 15 is 0 Å². The van der Waals surface area contributed by atoms with Crippen molar-refractivity contribution in [2.75, 3.05) is 5.32 Å². The van der Waals surface area contributed by atoms with Crippen molar-refractivity contribution in [2.24, 2.45) is 17.8 Å². The van der Waals surface area contributed by atoms with E-state index < -0.39 is 0 Å². The highest BCUT2D eigenvalue weighted by Crippen LogP contribution is 2.40. The fraction of sp³-hybridized carbons (Fsp3) is 0.450. The van der Waals surface area contributed by atoms with Crippen molar-refractivity contribution in [3.05, 3.63) is 46.6 Å². The molecule has 0 radical (unpaired) electrons. The van der Waals surface area contributed by atoms with Crippen LogP contribution in [0.25, 0.3) is 0 Å². The fourth-order valence-corrected chi connectivity index (χ4v) is 4.51. The Morgan fingerprint density at radius 1 is 1.15 bits per heavy atom. The number of rotatable bonds is 4. The van der Waals surface area contributed by atoms with Gasteiger partial charge in [0.05, 0.1) is 12.7 Å². The first-order valence-corrected chi connectivity index (χ1v) is 10.0. The van der Waals surface area contributed by atoms with Crippen molar-refractivity contribution >= 4 is 33.4 Å². The standard InChI is InChI=1S/C20H22BrN3O2/c21-17-6-4-13(5-7-17)12-24-18(8-9-22-24)23-20(26)16-10-14-2-1-3-15(11-16)19(14)25/h4-9,14-16H,1-3,10-12H2,(H,23,26). The van der Waals surface area contributed by atoms with Crippen LogP contribution in [0.4, 0.5) is 5.82 Å². The average molecular weight is 416 g/mol. The van der Waals surface area contributed by atoms with Crippen molar-refractivity contribution in [2.45, 2.75) is 38.6 Å². The molecule has 1 amide bonds. The number of benzene rings is 1. The second kappa shape index (κ2) is 7.35. The van der Waals surface area contributed by atoms with E-state index in [1.165, 1.54) is 0 Å². The number of fused-ring (bicyclic) bond motifs is 2. The molecule has 4 rings (SSSR count). The molecule has 2 bridgehead atoms. The lowest BCUT2D eigenvalue weighted by molar-refractivity contribution is -0.136. The predicted octanol–water partition coefficient (Wildman–Crippen LogP) is 4.03. The monoisotopic (exact) mass is 415 g/mol. The zero-order valence-electron chi connectivity index (χ0n) is 14.5. The number of carbonyl (C=O) groups is 2. The van der Waals surface area contributed by atoms with Crippen LogP contribution < -0.4 is 5.32 Å². The fourth-order valence-electron chi connectivity index (χ4n) is 4.25. The minimum Gasteiger partial charge on any atom is -0.311 e. The maximum Gasteiger partial charge on any atom is 0.228 e. The SMILES string of the molecule is O=C(Nc1ccnn1Cc1ccc(Br)cc1)C1CC2CCCC(C1)C2=O. The second-order valence-corrected chi connectivity index (χ2v) is 8.30. The van der Waals surface area contributed by atoms with Crippen LogP contribution in [-0.4, -0.2) is 21.5 Å². The van der Waals surface area contributed by atoms with Crippen molar-refractivity contribution < 1.29 is 9.59 Å². The van der Waals surface area contributed by atoms with Crippen LogP contribution in [0, 0.1) is 17.8 Å². The molecule has 2 atom stereocenters. The number of amides is 1. The van der Waals surface area contributed by atoms with E-state index in [1.807, 2.05) is 30.3 Å². The van der Waals surface area contributed by atoms with Crippen LogP contribution in [-0.2, 0) is 16.1 Å². The number of hydrogen-bond acceptors (Lipinski definition) is 3. The molecule has 1 aromatic heterocycles. The molecule has 1 aromatic carbocycles. The molecule has 0 saturated heterocycles. The minimum atomic E-state index is -0.0703. The van der Waals surface area contributed by atoms with Gasteiger partial charge in [0, 0.05) is 28.3 Å². The van der Waals surface area contributed by atoms with Crippen LogP contribution in [0.2, 0.25) is 0 Å². The molecule has 2 fully saturated rings. The summed E-state index contributed by atoms with van der Waals surface area (Å²) in [5, 5.41) is 7.37. The van der Waals surface area contributed by atoms with Gasteiger partial charge in [-0.2, -0.15) is 5.10 Å². The summed E-state index contributed by atoms with van der Waals surface area (Å²) in [7, 11) is 0. The first-order valence-electron chi connectivity index (χ1n) is 9.21. The molecular formula is C20H22BrN3O2. The Labute approximate surface area is 161 Å². The molecule has 0 spiro atoms. The quantitative estimate of drug-likeness (QED) is 0.819. The van der Waals surface area contributed by atoms with Crippen LogP contribution in [0.3, 0.4) is 0 Å². The molecule has 2 aliphatic rings. The Morgan fingerprint density at radius 3 is 2.54 bits per heavy atom. The highest BCUT2D eigenvalue weighted by Gasteiger charge is 2.41. The molecule has 1 heterocycles. The van der Waals surface area contributed by atoms with Crippen molar-refractivity contribution in [1.29, 1.82) is 0 Å². The summed E-state index contributed by atoms with van der Waals surface area (Å²) in [4.78, 5) is 25.0. The third-order valence-corrected chi connectivity index (χ3v) is 6.16. The van der Waals surface area contributed by atoms with Gasteiger partial charge in [0.1, 0.15) is 11.6 Å². The Morgan fingerprint density at radius 2 is 1.85 bits per heavy atom. The van der Waals surface area contributed by atoms with E-state index in [-0.39, 0.29) is 23.7 Å². The highest BCUT2D eigenvalue weighted by atomic mass is 79.9. The number of Topliss-reactive ketones (excluding diaryl/α,β-unsaturated/α-hetero) is 1. The molecule has 2 saturated carbocycles. The maximum atomic E-state index is 12.8. The average Bonchev–Trinajstić information content (AvgIpc) is 3.03.